The fourth-order valence-corrected chi connectivity index (χ4v) is 2.19. The molecular weight excluding hydrogens is 298 g/mol. The van der Waals surface area contributed by atoms with E-state index in [9.17, 15) is 9.59 Å². The van der Waals surface area contributed by atoms with E-state index in [0.29, 0.717) is 18.9 Å². The Morgan fingerprint density at radius 3 is 2.39 bits per heavy atom. The highest BCUT2D eigenvalue weighted by Crippen LogP contribution is 2.07. The summed E-state index contributed by atoms with van der Waals surface area (Å²) < 4.78 is 12.8. The Kier molecular flexibility index (Phi) is 5.72. The van der Waals surface area contributed by atoms with Crippen LogP contribution in [0.2, 0.25) is 0 Å². The molecule has 0 amide bonds. The predicted molar refractivity (Wildman–Crippen MR) is 87.8 cm³/mol. The minimum absolute atomic E-state index is 0.314. The lowest BCUT2D eigenvalue weighted by atomic mass is 10.2. The van der Waals surface area contributed by atoms with Crippen LogP contribution in [0.3, 0.4) is 0 Å². The Morgan fingerprint density at radius 2 is 1.78 bits per heavy atom. The Bertz CT molecular complexity index is 748. The van der Waals surface area contributed by atoms with Crippen molar-refractivity contribution in [1.82, 2.24) is 9.13 Å². The summed E-state index contributed by atoms with van der Waals surface area (Å²) in [5.74, 6) is 0.432. The molecule has 0 aliphatic heterocycles. The molecule has 7 heteroatoms. The van der Waals surface area contributed by atoms with Gasteiger partial charge < -0.3 is 14.8 Å². The second-order valence-electron chi connectivity index (χ2n) is 5.06. The molecule has 0 spiro atoms. The summed E-state index contributed by atoms with van der Waals surface area (Å²) >= 11 is 0. The summed E-state index contributed by atoms with van der Waals surface area (Å²) in [6.07, 6.45) is -0.473. The number of aromatic nitrogens is 2. The molecule has 1 heterocycles. The third-order valence-corrected chi connectivity index (χ3v) is 3.56. The molecule has 2 aromatic rings. The molecule has 0 saturated heterocycles. The van der Waals surface area contributed by atoms with Crippen LogP contribution in [0.5, 0.6) is 0 Å². The summed E-state index contributed by atoms with van der Waals surface area (Å²) in [6, 6.07) is 11.0. The number of nitrogens with one attached hydrogen (secondary N) is 1. The van der Waals surface area contributed by atoms with Crippen molar-refractivity contribution in [2.45, 2.75) is 12.8 Å². The van der Waals surface area contributed by atoms with E-state index in [4.69, 9.17) is 9.47 Å². The molecule has 2 rings (SSSR count). The van der Waals surface area contributed by atoms with E-state index in [0.717, 1.165) is 10.1 Å². The highest BCUT2D eigenvalue weighted by molar-refractivity contribution is 5.35. The molecule has 0 unspecified atom stereocenters. The Hall–Kier alpha value is -2.38. The van der Waals surface area contributed by atoms with Crippen LogP contribution in [-0.2, 0) is 23.1 Å². The van der Waals surface area contributed by atoms with E-state index in [1.54, 1.807) is 0 Å². The van der Waals surface area contributed by atoms with Crippen molar-refractivity contribution in [3.8, 4) is 0 Å². The average Bonchev–Trinajstić information content (AvgIpc) is 2.58. The zero-order chi connectivity index (χ0) is 16.8. The van der Waals surface area contributed by atoms with Crippen LogP contribution in [0.25, 0.3) is 0 Å². The first-order chi connectivity index (χ1) is 11.1. The van der Waals surface area contributed by atoms with Crippen molar-refractivity contribution < 1.29 is 9.47 Å². The van der Waals surface area contributed by atoms with Gasteiger partial charge in [0.25, 0.3) is 5.56 Å². The van der Waals surface area contributed by atoms with Crippen molar-refractivity contribution in [2.24, 2.45) is 7.05 Å². The smallest absolute Gasteiger partial charge is 0.332 e. The van der Waals surface area contributed by atoms with Crippen LogP contribution in [0.1, 0.15) is 5.56 Å². The van der Waals surface area contributed by atoms with Crippen LogP contribution >= 0.6 is 0 Å². The summed E-state index contributed by atoms with van der Waals surface area (Å²) in [6.45, 7) is 0.676. The molecule has 1 aromatic carbocycles. The van der Waals surface area contributed by atoms with Crippen LogP contribution in [0, 0.1) is 0 Å². The standard InChI is InChI=1S/C16H21N3O4/c1-18-14(20)9-13(17-10-15(22-2)23-3)19(16(18)21)11-12-7-5-4-6-8-12/h4-9,15,17H,10-11H2,1-3H3. The molecule has 0 aliphatic rings. The number of hydrogen-bond donors (Lipinski definition) is 1. The van der Waals surface area contributed by atoms with Crippen molar-refractivity contribution in [3.63, 3.8) is 0 Å². The van der Waals surface area contributed by atoms with E-state index < -0.39 is 6.29 Å². The lowest BCUT2D eigenvalue weighted by Crippen LogP contribution is -2.39. The zero-order valence-electron chi connectivity index (χ0n) is 13.5. The normalized spacial score (nSPS) is 11.0. The van der Waals surface area contributed by atoms with Gasteiger partial charge in [0.05, 0.1) is 13.1 Å². The van der Waals surface area contributed by atoms with E-state index in [-0.39, 0.29) is 11.2 Å². The maximum absolute atomic E-state index is 12.4. The summed E-state index contributed by atoms with van der Waals surface area (Å²) in [5, 5.41) is 3.04. The predicted octanol–water partition coefficient (Wildman–Crippen LogP) is 0.626. The molecule has 0 fully saturated rings. The first-order valence-electron chi connectivity index (χ1n) is 7.21. The second-order valence-corrected chi connectivity index (χ2v) is 5.06. The number of benzene rings is 1. The summed E-state index contributed by atoms with van der Waals surface area (Å²) in [4.78, 5) is 24.3. The topological polar surface area (TPSA) is 74.5 Å². The fraction of sp³-hybridized carbons (Fsp3) is 0.375. The highest BCUT2D eigenvalue weighted by Gasteiger charge is 2.12. The Morgan fingerprint density at radius 1 is 1.13 bits per heavy atom. The maximum Gasteiger partial charge on any atom is 0.332 e. The molecule has 124 valence electrons. The first-order valence-corrected chi connectivity index (χ1v) is 7.21. The minimum Gasteiger partial charge on any atom is -0.366 e. The van der Waals surface area contributed by atoms with Gasteiger partial charge in [0.2, 0.25) is 0 Å². The van der Waals surface area contributed by atoms with E-state index in [2.05, 4.69) is 5.32 Å². The van der Waals surface area contributed by atoms with Crippen LogP contribution < -0.4 is 16.6 Å². The molecule has 0 bridgehead atoms. The zero-order valence-corrected chi connectivity index (χ0v) is 13.5. The van der Waals surface area contributed by atoms with Gasteiger partial charge in [-0.1, -0.05) is 30.3 Å². The number of nitrogens with zero attached hydrogens (tertiary/aromatic N) is 2. The Labute approximate surface area is 134 Å². The third-order valence-electron chi connectivity index (χ3n) is 3.56. The molecule has 7 nitrogen and oxygen atoms in total. The van der Waals surface area contributed by atoms with Crippen LogP contribution in [-0.4, -0.2) is 36.2 Å². The monoisotopic (exact) mass is 319 g/mol. The van der Waals surface area contributed by atoms with Gasteiger partial charge in [-0.15, -0.1) is 0 Å². The van der Waals surface area contributed by atoms with Gasteiger partial charge in [0.1, 0.15) is 5.82 Å². The average molecular weight is 319 g/mol. The molecule has 1 N–H and O–H groups in total. The van der Waals surface area contributed by atoms with E-state index in [1.807, 2.05) is 30.3 Å². The number of anilines is 1. The Balaban J connectivity index is 2.36. The van der Waals surface area contributed by atoms with Gasteiger partial charge in [0, 0.05) is 27.3 Å². The number of rotatable bonds is 7. The fourth-order valence-electron chi connectivity index (χ4n) is 2.19. The number of ether oxygens (including phenoxy) is 2. The quantitative estimate of drug-likeness (QED) is 0.758. The number of methoxy groups -OCH3 is 2. The first kappa shape index (κ1) is 17.0. The molecule has 0 radical (unpaired) electrons. The molecular formula is C16H21N3O4. The van der Waals surface area contributed by atoms with Crippen LogP contribution in [0.15, 0.2) is 46.0 Å². The largest absolute Gasteiger partial charge is 0.366 e. The van der Waals surface area contributed by atoms with Crippen molar-refractivity contribution in [2.75, 3.05) is 26.1 Å². The van der Waals surface area contributed by atoms with Crippen molar-refractivity contribution in [1.29, 1.82) is 0 Å². The van der Waals surface area contributed by atoms with Gasteiger partial charge in [-0.2, -0.15) is 0 Å². The number of hydrogen-bond acceptors (Lipinski definition) is 5. The second kappa shape index (κ2) is 7.75. The summed E-state index contributed by atoms with van der Waals surface area (Å²) in [5.41, 5.74) is 0.217. The van der Waals surface area contributed by atoms with Gasteiger partial charge in [-0.25, -0.2) is 4.79 Å². The lowest BCUT2D eigenvalue weighted by molar-refractivity contribution is -0.0914. The maximum atomic E-state index is 12.4. The molecule has 1 aromatic heterocycles. The molecule has 23 heavy (non-hydrogen) atoms. The van der Waals surface area contributed by atoms with E-state index >= 15 is 0 Å². The minimum atomic E-state index is -0.473. The molecule has 0 saturated carbocycles. The van der Waals surface area contributed by atoms with Crippen molar-refractivity contribution in [3.05, 3.63) is 62.8 Å². The van der Waals surface area contributed by atoms with Gasteiger partial charge in [-0.05, 0) is 5.56 Å². The SMILES string of the molecule is COC(CNc1cc(=O)n(C)c(=O)n1Cc1ccccc1)OC. The van der Waals surface area contributed by atoms with E-state index in [1.165, 1.54) is 31.9 Å². The molecule has 0 atom stereocenters. The molecule has 0 aliphatic carbocycles. The summed E-state index contributed by atoms with van der Waals surface area (Å²) in [7, 11) is 4.51. The van der Waals surface area contributed by atoms with Gasteiger partial charge in [-0.3, -0.25) is 13.9 Å². The van der Waals surface area contributed by atoms with Gasteiger partial charge >= 0.3 is 5.69 Å². The lowest BCUT2D eigenvalue weighted by Gasteiger charge is -2.18. The van der Waals surface area contributed by atoms with Gasteiger partial charge in [0.15, 0.2) is 6.29 Å². The van der Waals surface area contributed by atoms with Crippen molar-refractivity contribution >= 4 is 5.82 Å². The van der Waals surface area contributed by atoms with Crippen LogP contribution in [0.4, 0.5) is 5.82 Å². The highest BCUT2D eigenvalue weighted by atomic mass is 16.7. The third kappa shape index (κ3) is 4.08.